The summed E-state index contributed by atoms with van der Waals surface area (Å²) >= 11 is 0. The SMILES string of the molecule is O=C(C1CCOCC1)N1CCC(Oc2ccc3ccccc3n2)C1. The molecular weight excluding hydrogens is 304 g/mol. The van der Waals surface area contributed by atoms with Gasteiger partial charge in [0.05, 0.1) is 12.1 Å². The first kappa shape index (κ1) is 15.4. The molecule has 2 saturated heterocycles. The van der Waals surface area contributed by atoms with Crippen molar-refractivity contribution in [2.75, 3.05) is 26.3 Å². The van der Waals surface area contributed by atoms with Crippen LogP contribution in [0.3, 0.4) is 0 Å². The summed E-state index contributed by atoms with van der Waals surface area (Å²) in [6.45, 7) is 2.83. The third kappa shape index (κ3) is 3.22. The van der Waals surface area contributed by atoms with Gasteiger partial charge in [-0.05, 0) is 25.0 Å². The quantitative estimate of drug-likeness (QED) is 0.870. The summed E-state index contributed by atoms with van der Waals surface area (Å²) in [5.41, 5.74) is 0.933. The highest BCUT2D eigenvalue weighted by Gasteiger charge is 2.32. The fourth-order valence-electron chi connectivity index (χ4n) is 3.51. The van der Waals surface area contributed by atoms with Gasteiger partial charge in [0.2, 0.25) is 11.8 Å². The molecule has 2 aliphatic heterocycles. The molecule has 0 N–H and O–H groups in total. The molecule has 0 radical (unpaired) electrons. The summed E-state index contributed by atoms with van der Waals surface area (Å²) < 4.78 is 11.4. The molecule has 2 fully saturated rings. The number of likely N-dealkylation sites (tertiary alicyclic amines) is 1. The lowest BCUT2D eigenvalue weighted by atomic mass is 9.99. The number of para-hydroxylation sites is 1. The highest BCUT2D eigenvalue weighted by Crippen LogP contribution is 2.23. The maximum Gasteiger partial charge on any atom is 0.225 e. The van der Waals surface area contributed by atoms with E-state index in [0.717, 1.165) is 36.7 Å². The van der Waals surface area contributed by atoms with Crippen molar-refractivity contribution in [1.82, 2.24) is 9.88 Å². The van der Waals surface area contributed by atoms with Gasteiger partial charge in [-0.25, -0.2) is 4.98 Å². The lowest BCUT2D eigenvalue weighted by molar-refractivity contribution is -0.137. The number of fused-ring (bicyclic) bond motifs is 1. The van der Waals surface area contributed by atoms with Gasteiger partial charge in [0.15, 0.2) is 0 Å². The van der Waals surface area contributed by atoms with Crippen molar-refractivity contribution in [2.45, 2.75) is 25.4 Å². The van der Waals surface area contributed by atoms with Gasteiger partial charge in [-0.2, -0.15) is 0 Å². The lowest BCUT2D eigenvalue weighted by Gasteiger charge is -2.26. The Morgan fingerprint density at radius 1 is 1.12 bits per heavy atom. The van der Waals surface area contributed by atoms with Gasteiger partial charge in [0.1, 0.15) is 6.10 Å². The number of carbonyl (C=O) groups excluding carboxylic acids is 1. The second kappa shape index (κ2) is 6.77. The standard InChI is InChI=1S/C19H22N2O3/c22-19(15-8-11-23-12-9-15)21-10-7-16(13-21)24-18-6-5-14-3-1-2-4-17(14)20-18/h1-6,15-16H,7-13H2. The zero-order valence-electron chi connectivity index (χ0n) is 13.7. The van der Waals surface area contributed by atoms with Gasteiger partial charge in [-0.3, -0.25) is 4.79 Å². The van der Waals surface area contributed by atoms with Crippen LogP contribution in [0.1, 0.15) is 19.3 Å². The summed E-state index contributed by atoms with van der Waals surface area (Å²) in [6, 6.07) is 11.9. The molecule has 1 unspecified atom stereocenters. The molecule has 1 atom stereocenters. The highest BCUT2D eigenvalue weighted by molar-refractivity contribution is 5.79. The molecule has 4 rings (SSSR count). The minimum absolute atomic E-state index is 0.0300. The monoisotopic (exact) mass is 326 g/mol. The number of ether oxygens (including phenoxy) is 2. The average molecular weight is 326 g/mol. The smallest absolute Gasteiger partial charge is 0.225 e. The van der Waals surface area contributed by atoms with Crippen LogP contribution in [0.2, 0.25) is 0 Å². The van der Waals surface area contributed by atoms with Crippen LogP contribution < -0.4 is 4.74 Å². The molecular formula is C19H22N2O3. The van der Waals surface area contributed by atoms with Crippen molar-refractivity contribution in [2.24, 2.45) is 5.92 Å². The van der Waals surface area contributed by atoms with E-state index in [1.807, 2.05) is 41.3 Å². The second-order valence-corrected chi connectivity index (χ2v) is 6.54. The Bertz CT molecular complexity index is 727. The van der Waals surface area contributed by atoms with Crippen LogP contribution in [0.25, 0.3) is 10.9 Å². The third-order valence-electron chi connectivity index (χ3n) is 4.89. The van der Waals surface area contributed by atoms with E-state index in [2.05, 4.69) is 4.98 Å². The predicted molar refractivity (Wildman–Crippen MR) is 90.9 cm³/mol. The first-order valence-electron chi connectivity index (χ1n) is 8.68. The zero-order chi connectivity index (χ0) is 16.4. The largest absolute Gasteiger partial charge is 0.472 e. The Morgan fingerprint density at radius 2 is 1.96 bits per heavy atom. The molecule has 126 valence electrons. The van der Waals surface area contributed by atoms with Crippen molar-refractivity contribution in [3.8, 4) is 5.88 Å². The van der Waals surface area contributed by atoms with Crippen molar-refractivity contribution in [3.05, 3.63) is 36.4 Å². The first-order valence-corrected chi connectivity index (χ1v) is 8.68. The van der Waals surface area contributed by atoms with Gasteiger partial charge in [0.25, 0.3) is 0 Å². The number of rotatable bonds is 3. The number of hydrogen-bond donors (Lipinski definition) is 0. The van der Waals surface area contributed by atoms with E-state index in [4.69, 9.17) is 9.47 Å². The third-order valence-corrected chi connectivity index (χ3v) is 4.89. The first-order chi connectivity index (χ1) is 11.8. The number of benzene rings is 1. The summed E-state index contributed by atoms with van der Waals surface area (Å²) in [6.07, 6.45) is 2.58. The molecule has 2 aromatic rings. The second-order valence-electron chi connectivity index (χ2n) is 6.54. The van der Waals surface area contributed by atoms with Crippen LogP contribution in [0.5, 0.6) is 5.88 Å². The van der Waals surface area contributed by atoms with Crippen molar-refractivity contribution in [1.29, 1.82) is 0 Å². The number of pyridine rings is 1. The molecule has 24 heavy (non-hydrogen) atoms. The lowest BCUT2D eigenvalue weighted by Crippen LogP contribution is -2.38. The molecule has 1 aromatic carbocycles. The van der Waals surface area contributed by atoms with E-state index in [0.29, 0.717) is 25.6 Å². The fraction of sp³-hybridized carbons (Fsp3) is 0.474. The average Bonchev–Trinajstić information content (AvgIpc) is 3.10. The van der Waals surface area contributed by atoms with Crippen LogP contribution in [0, 0.1) is 5.92 Å². The van der Waals surface area contributed by atoms with Crippen molar-refractivity contribution >= 4 is 16.8 Å². The van der Waals surface area contributed by atoms with Gasteiger partial charge in [-0.1, -0.05) is 18.2 Å². The van der Waals surface area contributed by atoms with Crippen LogP contribution in [-0.2, 0) is 9.53 Å². The maximum atomic E-state index is 12.6. The molecule has 1 aromatic heterocycles. The Morgan fingerprint density at radius 3 is 2.83 bits per heavy atom. The number of aromatic nitrogens is 1. The molecule has 0 bridgehead atoms. The fourth-order valence-corrected chi connectivity index (χ4v) is 3.51. The topological polar surface area (TPSA) is 51.7 Å². The minimum Gasteiger partial charge on any atom is -0.472 e. The normalized spacial score (nSPS) is 22.0. The molecule has 5 nitrogen and oxygen atoms in total. The predicted octanol–water partition coefficient (Wildman–Crippen LogP) is 2.64. The number of amides is 1. The van der Waals surface area contributed by atoms with Crippen LogP contribution in [0.15, 0.2) is 36.4 Å². The molecule has 2 aliphatic rings. The summed E-state index contributed by atoms with van der Waals surface area (Å²) in [5.74, 6) is 1.02. The van der Waals surface area contributed by atoms with Gasteiger partial charge >= 0.3 is 0 Å². The van der Waals surface area contributed by atoms with Crippen LogP contribution >= 0.6 is 0 Å². The van der Waals surface area contributed by atoms with E-state index in [-0.39, 0.29) is 17.9 Å². The Hall–Kier alpha value is -2.14. The van der Waals surface area contributed by atoms with Crippen LogP contribution in [-0.4, -0.2) is 48.2 Å². The molecule has 0 aliphatic carbocycles. The van der Waals surface area contributed by atoms with Crippen LogP contribution in [0.4, 0.5) is 0 Å². The van der Waals surface area contributed by atoms with Gasteiger partial charge in [0, 0.05) is 43.5 Å². The molecule has 0 saturated carbocycles. The summed E-state index contributed by atoms with van der Waals surface area (Å²) in [4.78, 5) is 19.1. The minimum atomic E-state index is 0.0300. The van der Waals surface area contributed by atoms with E-state index in [9.17, 15) is 4.79 Å². The molecule has 5 heteroatoms. The van der Waals surface area contributed by atoms with Gasteiger partial charge < -0.3 is 14.4 Å². The Balaban J connectivity index is 1.38. The Kier molecular flexibility index (Phi) is 4.34. The summed E-state index contributed by atoms with van der Waals surface area (Å²) in [5, 5.41) is 1.10. The molecule has 1 amide bonds. The van der Waals surface area contributed by atoms with E-state index >= 15 is 0 Å². The maximum absolute atomic E-state index is 12.6. The highest BCUT2D eigenvalue weighted by atomic mass is 16.5. The van der Waals surface area contributed by atoms with E-state index < -0.39 is 0 Å². The Labute approximate surface area is 141 Å². The van der Waals surface area contributed by atoms with Crippen molar-refractivity contribution in [3.63, 3.8) is 0 Å². The number of carbonyl (C=O) groups is 1. The zero-order valence-corrected chi connectivity index (χ0v) is 13.7. The van der Waals surface area contributed by atoms with E-state index in [1.165, 1.54) is 0 Å². The molecule has 3 heterocycles. The molecule has 0 spiro atoms. The number of nitrogens with zero attached hydrogens (tertiary/aromatic N) is 2. The van der Waals surface area contributed by atoms with Crippen molar-refractivity contribution < 1.29 is 14.3 Å². The summed E-state index contributed by atoms with van der Waals surface area (Å²) in [7, 11) is 0. The van der Waals surface area contributed by atoms with E-state index in [1.54, 1.807) is 0 Å². The number of hydrogen-bond acceptors (Lipinski definition) is 4. The van der Waals surface area contributed by atoms with Gasteiger partial charge in [-0.15, -0.1) is 0 Å².